The number of amides is 1. The molecule has 0 heterocycles. The fourth-order valence-corrected chi connectivity index (χ4v) is 2.46. The SMILES string of the molecule is CCNC(=NCCC(C)N(C)Cc1ccccc1)NCCC(=O)N(C)C. The van der Waals surface area contributed by atoms with E-state index >= 15 is 0 Å². The number of guanidine groups is 1. The summed E-state index contributed by atoms with van der Waals surface area (Å²) in [5.41, 5.74) is 1.32. The second-order valence-electron chi connectivity index (χ2n) is 6.76. The van der Waals surface area contributed by atoms with E-state index in [1.165, 1.54) is 5.56 Å². The van der Waals surface area contributed by atoms with Crippen LogP contribution in [0.1, 0.15) is 32.3 Å². The van der Waals surface area contributed by atoms with Gasteiger partial charge >= 0.3 is 0 Å². The van der Waals surface area contributed by atoms with E-state index in [0.717, 1.165) is 32.0 Å². The average molecular weight is 362 g/mol. The topological polar surface area (TPSA) is 60.0 Å². The lowest BCUT2D eigenvalue weighted by Gasteiger charge is -2.24. The quantitative estimate of drug-likeness (QED) is 0.494. The first-order valence-corrected chi connectivity index (χ1v) is 9.40. The van der Waals surface area contributed by atoms with Gasteiger partial charge in [-0.1, -0.05) is 30.3 Å². The van der Waals surface area contributed by atoms with Gasteiger partial charge < -0.3 is 15.5 Å². The Bertz CT molecular complexity index is 544. The lowest BCUT2D eigenvalue weighted by Crippen LogP contribution is -2.39. The molecular formula is C20H35N5O. The van der Waals surface area contributed by atoms with Crippen molar-refractivity contribution in [2.75, 3.05) is 40.8 Å². The lowest BCUT2D eigenvalue weighted by atomic mass is 10.1. The first-order chi connectivity index (χ1) is 12.4. The summed E-state index contributed by atoms with van der Waals surface area (Å²) >= 11 is 0. The van der Waals surface area contributed by atoms with Gasteiger partial charge in [-0.3, -0.25) is 14.7 Å². The molecule has 6 heteroatoms. The van der Waals surface area contributed by atoms with Gasteiger partial charge in [0.25, 0.3) is 0 Å². The normalized spacial score (nSPS) is 12.8. The number of rotatable bonds is 10. The molecule has 2 N–H and O–H groups in total. The standard InChI is InChI=1S/C20H35N5O/c1-6-21-20(23-15-13-19(26)24(3)4)22-14-12-17(2)25(5)16-18-10-8-7-9-11-18/h7-11,17H,6,12-16H2,1-5H3,(H2,21,22,23). The van der Waals surface area contributed by atoms with Crippen LogP contribution in [0.2, 0.25) is 0 Å². The average Bonchev–Trinajstić information content (AvgIpc) is 2.62. The number of nitrogens with zero attached hydrogens (tertiary/aromatic N) is 3. The summed E-state index contributed by atoms with van der Waals surface area (Å²) in [6.45, 7) is 7.35. The van der Waals surface area contributed by atoms with Gasteiger partial charge in [0, 0.05) is 52.7 Å². The summed E-state index contributed by atoms with van der Waals surface area (Å²) < 4.78 is 0. The van der Waals surface area contributed by atoms with Gasteiger partial charge in [0.05, 0.1) is 0 Å². The molecule has 1 aromatic carbocycles. The predicted molar refractivity (Wildman–Crippen MR) is 109 cm³/mol. The number of hydrogen-bond donors (Lipinski definition) is 2. The molecule has 0 fully saturated rings. The van der Waals surface area contributed by atoms with Crippen LogP contribution >= 0.6 is 0 Å². The van der Waals surface area contributed by atoms with E-state index in [1.807, 2.05) is 13.0 Å². The van der Waals surface area contributed by atoms with E-state index in [4.69, 9.17) is 0 Å². The van der Waals surface area contributed by atoms with E-state index in [-0.39, 0.29) is 5.91 Å². The molecule has 1 unspecified atom stereocenters. The van der Waals surface area contributed by atoms with Gasteiger partial charge in [-0.2, -0.15) is 0 Å². The number of hydrogen-bond acceptors (Lipinski definition) is 3. The molecule has 1 aromatic rings. The van der Waals surface area contributed by atoms with E-state index in [2.05, 4.69) is 58.8 Å². The molecule has 0 spiro atoms. The number of aliphatic imine (C=N–C) groups is 1. The number of carbonyl (C=O) groups is 1. The van der Waals surface area contributed by atoms with Crippen molar-refractivity contribution >= 4 is 11.9 Å². The Balaban J connectivity index is 2.39. The van der Waals surface area contributed by atoms with Crippen LogP contribution < -0.4 is 10.6 Å². The Kier molecular flexibility index (Phi) is 10.4. The molecule has 0 aliphatic carbocycles. The van der Waals surface area contributed by atoms with Crippen molar-refractivity contribution in [3.05, 3.63) is 35.9 Å². The molecule has 1 amide bonds. The molecule has 0 aliphatic heterocycles. The van der Waals surface area contributed by atoms with Crippen molar-refractivity contribution in [2.45, 2.75) is 39.3 Å². The second-order valence-corrected chi connectivity index (χ2v) is 6.76. The third kappa shape index (κ3) is 8.85. The van der Waals surface area contributed by atoms with E-state index < -0.39 is 0 Å². The maximum atomic E-state index is 11.6. The fraction of sp³-hybridized carbons (Fsp3) is 0.600. The van der Waals surface area contributed by atoms with Crippen molar-refractivity contribution in [1.82, 2.24) is 20.4 Å². The zero-order chi connectivity index (χ0) is 19.4. The zero-order valence-corrected chi connectivity index (χ0v) is 17.0. The minimum atomic E-state index is 0.115. The van der Waals surface area contributed by atoms with Crippen LogP contribution in [-0.4, -0.2) is 68.5 Å². The Labute approximate surface area is 158 Å². The number of carbonyl (C=O) groups excluding carboxylic acids is 1. The lowest BCUT2D eigenvalue weighted by molar-refractivity contribution is -0.128. The first kappa shape index (κ1) is 22.0. The maximum absolute atomic E-state index is 11.6. The molecule has 146 valence electrons. The number of benzene rings is 1. The largest absolute Gasteiger partial charge is 0.357 e. The summed E-state index contributed by atoms with van der Waals surface area (Å²) in [6.07, 6.45) is 1.45. The third-order valence-electron chi connectivity index (χ3n) is 4.32. The molecule has 1 rings (SSSR count). The highest BCUT2D eigenvalue weighted by Gasteiger charge is 2.09. The predicted octanol–water partition coefficient (Wildman–Crippen LogP) is 1.93. The molecule has 0 saturated carbocycles. The fourth-order valence-electron chi connectivity index (χ4n) is 2.46. The van der Waals surface area contributed by atoms with Gasteiger partial charge in [0.2, 0.25) is 5.91 Å². The van der Waals surface area contributed by atoms with Gasteiger partial charge in [-0.05, 0) is 32.9 Å². The van der Waals surface area contributed by atoms with Crippen LogP contribution in [0.4, 0.5) is 0 Å². The molecule has 0 radical (unpaired) electrons. The molecule has 0 aliphatic rings. The van der Waals surface area contributed by atoms with Crippen LogP contribution in [-0.2, 0) is 11.3 Å². The van der Waals surface area contributed by atoms with Crippen molar-refractivity contribution < 1.29 is 4.79 Å². The first-order valence-electron chi connectivity index (χ1n) is 9.40. The summed E-state index contributed by atoms with van der Waals surface area (Å²) in [4.78, 5) is 20.2. The van der Waals surface area contributed by atoms with Crippen LogP contribution in [0.15, 0.2) is 35.3 Å². The van der Waals surface area contributed by atoms with Crippen molar-refractivity contribution in [3.63, 3.8) is 0 Å². The van der Waals surface area contributed by atoms with Gasteiger partial charge in [0.15, 0.2) is 5.96 Å². The molecule has 0 saturated heterocycles. The van der Waals surface area contributed by atoms with Crippen LogP contribution in [0.5, 0.6) is 0 Å². The highest BCUT2D eigenvalue weighted by atomic mass is 16.2. The van der Waals surface area contributed by atoms with Crippen LogP contribution in [0.3, 0.4) is 0 Å². The van der Waals surface area contributed by atoms with Crippen molar-refractivity contribution in [3.8, 4) is 0 Å². The maximum Gasteiger partial charge on any atom is 0.223 e. The summed E-state index contributed by atoms with van der Waals surface area (Å²) in [6, 6.07) is 11.0. The summed E-state index contributed by atoms with van der Waals surface area (Å²) in [5.74, 6) is 0.890. The molecule has 0 aromatic heterocycles. The highest BCUT2D eigenvalue weighted by Crippen LogP contribution is 2.08. The van der Waals surface area contributed by atoms with E-state index in [1.54, 1.807) is 19.0 Å². The summed E-state index contributed by atoms with van der Waals surface area (Å²) in [5, 5.41) is 6.46. The Morgan fingerprint density at radius 1 is 1.15 bits per heavy atom. The van der Waals surface area contributed by atoms with Crippen molar-refractivity contribution in [2.24, 2.45) is 4.99 Å². The summed E-state index contributed by atoms with van der Waals surface area (Å²) in [7, 11) is 5.70. The Hall–Kier alpha value is -2.08. The van der Waals surface area contributed by atoms with Gasteiger partial charge in [-0.25, -0.2) is 0 Å². The van der Waals surface area contributed by atoms with Gasteiger partial charge in [0.1, 0.15) is 0 Å². The minimum absolute atomic E-state index is 0.115. The smallest absolute Gasteiger partial charge is 0.223 e. The molecule has 0 bridgehead atoms. The molecule has 6 nitrogen and oxygen atoms in total. The highest BCUT2D eigenvalue weighted by molar-refractivity contribution is 5.81. The molecule has 1 atom stereocenters. The third-order valence-corrected chi connectivity index (χ3v) is 4.32. The van der Waals surface area contributed by atoms with Crippen LogP contribution in [0.25, 0.3) is 0 Å². The monoisotopic (exact) mass is 361 g/mol. The second kappa shape index (κ2) is 12.3. The molecule has 26 heavy (non-hydrogen) atoms. The molecular weight excluding hydrogens is 326 g/mol. The number of nitrogens with one attached hydrogen (secondary N) is 2. The van der Waals surface area contributed by atoms with E-state index in [9.17, 15) is 4.79 Å². The zero-order valence-electron chi connectivity index (χ0n) is 17.0. The Morgan fingerprint density at radius 3 is 2.46 bits per heavy atom. The minimum Gasteiger partial charge on any atom is -0.357 e. The van der Waals surface area contributed by atoms with Crippen LogP contribution in [0, 0.1) is 0 Å². The van der Waals surface area contributed by atoms with E-state index in [0.29, 0.717) is 19.0 Å². The van der Waals surface area contributed by atoms with Crippen molar-refractivity contribution in [1.29, 1.82) is 0 Å². The van der Waals surface area contributed by atoms with Gasteiger partial charge in [-0.15, -0.1) is 0 Å². The Morgan fingerprint density at radius 2 is 1.85 bits per heavy atom.